The zero-order valence-corrected chi connectivity index (χ0v) is 8.62. The Morgan fingerprint density at radius 2 is 2.14 bits per heavy atom. The van der Waals surface area contributed by atoms with Crippen molar-refractivity contribution in [3.05, 3.63) is 12.8 Å². The van der Waals surface area contributed by atoms with Gasteiger partial charge in [-0.25, -0.2) is 0 Å². The van der Waals surface area contributed by atoms with Crippen LogP contribution in [0, 0.1) is 5.92 Å². The standard InChI is InChI=1S/C10H16O4/c1-4-13-10(12)6-5-8(2)7-14-9(3)11/h4,8H,1,5-7H2,2-3H3. The van der Waals surface area contributed by atoms with Crippen molar-refractivity contribution in [1.29, 1.82) is 0 Å². The van der Waals surface area contributed by atoms with Gasteiger partial charge >= 0.3 is 11.9 Å². The Morgan fingerprint density at radius 1 is 1.50 bits per heavy atom. The number of ether oxygens (including phenoxy) is 2. The van der Waals surface area contributed by atoms with Gasteiger partial charge in [0, 0.05) is 13.3 Å². The van der Waals surface area contributed by atoms with Crippen molar-refractivity contribution in [2.24, 2.45) is 5.92 Å². The minimum atomic E-state index is -0.310. The van der Waals surface area contributed by atoms with Crippen LogP contribution >= 0.6 is 0 Å². The molecular weight excluding hydrogens is 184 g/mol. The summed E-state index contributed by atoms with van der Waals surface area (Å²) in [7, 11) is 0. The first-order chi connectivity index (χ1) is 6.56. The van der Waals surface area contributed by atoms with Crippen molar-refractivity contribution < 1.29 is 19.1 Å². The number of esters is 2. The van der Waals surface area contributed by atoms with Gasteiger partial charge in [0.25, 0.3) is 0 Å². The summed E-state index contributed by atoms with van der Waals surface area (Å²) in [5.41, 5.74) is 0. The van der Waals surface area contributed by atoms with Gasteiger partial charge in [-0.1, -0.05) is 13.5 Å². The summed E-state index contributed by atoms with van der Waals surface area (Å²) >= 11 is 0. The Bertz CT molecular complexity index is 210. The maximum atomic E-state index is 10.9. The van der Waals surface area contributed by atoms with Crippen molar-refractivity contribution in [2.45, 2.75) is 26.7 Å². The zero-order valence-electron chi connectivity index (χ0n) is 8.62. The van der Waals surface area contributed by atoms with Crippen molar-refractivity contribution >= 4 is 11.9 Å². The quantitative estimate of drug-likeness (QED) is 0.483. The lowest BCUT2D eigenvalue weighted by atomic mass is 10.1. The molecule has 0 saturated heterocycles. The topological polar surface area (TPSA) is 52.6 Å². The fourth-order valence-electron chi connectivity index (χ4n) is 0.859. The molecule has 0 aromatic heterocycles. The Balaban J connectivity index is 3.52. The summed E-state index contributed by atoms with van der Waals surface area (Å²) in [5, 5.41) is 0. The first kappa shape index (κ1) is 12.7. The largest absolute Gasteiger partial charge is 0.466 e. The highest BCUT2D eigenvalue weighted by molar-refractivity contribution is 5.69. The first-order valence-electron chi connectivity index (χ1n) is 4.50. The molecule has 80 valence electrons. The Labute approximate surface area is 83.9 Å². The molecule has 0 radical (unpaired) electrons. The Kier molecular flexibility index (Phi) is 6.45. The highest BCUT2D eigenvalue weighted by Gasteiger charge is 2.08. The lowest BCUT2D eigenvalue weighted by Gasteiger charge is -2.09. The maximum absolute atomic E-state index is 10.9. The predicted molar refractivity (Wildman–Crippen MR) is 51.3 cm³/mol. The second kappa shape index (κ2) is 7.12. The molecule has 4 nitrogen and oxygen atoms in total. The van der Waals surface area contributed by atoms with Crippen LogP contribution in [0.15, 0.2) is 12.8 Å². The van der Waals surface area contributed by atoms with Crippen LogP contribution in [0.3, 0.4) is 0 Å². The molecule has 0 aromatic rings. The highest BCUT2D eigenvalue weighted by atomic mass is 16.5. The van der Waals surface area contributed by atoms with Gasteiger partial charge in [-0.3, -0.25) is 9.59 Å². The lowest BCUT2D eigenvalue weighted by Crippen LogP contribution is -2.11. The van der Waals surface area contributed by atoms with Crippen LogP contribution in [0.1, 0.15) is 26.7 Å². The molecule has 0 bridgehead atoms. The molecule has 0 fully saturated rings. The van der Waals surface area contributed by atoms with Crippen LogP contribution in [-0.4, -0.2) is 18.5 Å². The van der Waals surface area contributed by atoms with E-state index < -0.39 is 0 Å². The average Bonchev–Trinajstić information content (AvgIpc) is 2.12. The minimum absolute atomic E-state index is 0.163. The van der Waals surface area contributed by atoms with Gasteiger partial charge < -0.3 is 9.47 Å². The second-order valence-electron chi connectivity index (χ2n) is 3.10. The summed E-state index contributed by atoms with van der Waals surface area (Å²) in [5.74, 6) is -0.448. The molecule has 14 heavy (non-hydrogen) atoms. The molecule has 0 aromatic carbocycles. The van der Waals surface area contributed by atoms with Crippen molar-refractivity contribution in [2.75, 3.05) is 6.61 Å². The fourth-order valence-corrected chi connectivity index (χ4v) is 0.859. The van der Waals surface area contributed by atoms with Gasteiger partial charge in [0.15, 0.2) is 0 Å². The minimum Gasteiger partial charge on any atom is -0.466 e. The van der Waals surface area contributed by atoms with Gasteiger partial charge in [-0.05, 0) is 12.3 Å². The van der Waals surface area contributed by atoms with E-state index in [0.29, 0.717) is 19.4 Å². The van der Waals surface area contributed by atoms with E-state index in [1.807, 2.05) is 6.92 Å². The van der Waals surface area contributed by atoms with E-state index in [0.717, 1.165) is 6.26 Å². The van der Waals surface area contributed by atoms with Gasteiger partial charge in [0.05, 0.1) is 12.9 Å². The van der Waals surface area contributed by atoms with Crippen LogP contribution in [-0.2, 0) is 19.1 Å². The SMILES string of the molecule is C=COC(=O)CCC(C)COC(C)=O. The van der Waals surface area contributed by atoms with Gasteiger partial charge in [-0.2, -0.15) is 0 Å². The highest BCUT2D eigenvalue weighted by Crippen LogP contribution is 2.07. The van der Waals surface area contributed by atoms with Crippen LogP contribution in [0.5, 0.6) is 0 Å². The molecule has 0 spiro atoms. The van der Waals surface area contributed by atoms with E-state index in [2.05, 4.69) is 11.3 Å². The van der Waals surface area contributed by atoms with Crippen molar-refractivity contribution in [1.82, 2.24) is 0 Å². The smallest absolute Gasteiger partial charge is 0.310 e. The third-order valence-electron chi connectivity index (χ3n) is 1.63. The number of hydrogen-bond acceptors (Lipinski definition) is 4. The Morgan fingerprint density at radius 3 is 2.64 bits per heavy atom. The normalized spacial score (nSPS) is 11.6. The van der Waals surface area contributed by atoms with Gasteiger partial charge in [0.2, 0.25) is 0 Å². The first-order valence-corrected chi connectivity index (χ1v) is 4.50. The monoisotopic (exact) mass is 200 g/mol. The van der Waals surface area contributed by atoms with Gasteiger partial charge in [0.1, 0.15) is 0 Å². The Hall–Kier alpha value is -1.32. The van der Waals surface area contributed by atoms with Gasteiger partial charge in [-0.15, -0.1) is 0 Å². The van der Waals surface area contributed by atoms with Crippen LogP contribution in [0.25, 0.3) is 0 Å². The number of carbonyl (C=O) groups excluding carboxylic acids is 2. The molecule has 0 aliphatic heterocycles. The molecule has 0 saturated carbocycles. The van der Waals surface area contributed by atoms with Crippen LogP contribution in [0.2, 0.25) is 0 Å². The van der Waals surface area contributed by atoms with E-state index in [9.17, 15) is 9.59 Å². The third kappa shape index (κ3) is 7.34. The van der Waals surface area contributed by atoms with E-state index in [1.54, 1.807) is 0 Å². The lowest BCUT2D eigenvalue weighted by molar-refractivity contribution is -0.142. The van der Waals surface area contributed by atoms with Crippen LogP contribution in [0.4, 0.5) is 0 Å². The third-order valence-corrected chi connectivity index (χ3v) is 1.63. The number of rotatable bonds is 6. The molecule has 0 aliphatic carbocycles. The van der Waals surface area contributed by atoms with E-state index in [1.165, 1.54) is 6.92 Å². The van der Waals surface area contributed by atoms with Crippen LogP contribution < -0.4 is 0 Å². The van der Waals surface area contributed by atoms with Crippen molar-refractivity contribution in [3.63, 3.8) is 0 Å². The van der Waals surface area contributed by atoms with E-state index in [-0.39, 0.29) is 17.9 Å². The predicted octanol–water partition coefficient (Wildman–Crippen LogP) is 1.65. The van der Waals surface area contributed by atoms with Crippen molar-refractivity contribution in [3.8, 4) is 0 Å². The maximum Gasteiger partial charge on any atom is 0.310 e. The average molecular weight is 200 g/mol. The summed E-state index contributed by atoms with van der Waals surface area (Å²) in [6, 6.07) is 0. The fraction of sp³-hybridized carbons (Fsp3) is 0.600. The zero-order chi connectivity index (χ0) is 11.0. The summed E-state index contributed by atoms with van der Waals surface area (Å²) in [6.45, 7) is 6.89. The molecule has 0 amide bonds. The molecule has 0 rings (SSSR count). The summed E-state index contributed by atoms with van der Waals surface area (Å²) in [6.07, 6.45) is 2.06. The summed E-state index contributed by atoms with van der Waals surface area (Å²) in [4.78, 5) is 21.3. The molecule has 1 unspecified atom stereocenters. The summed E-state index contributed by atoms with van der Waals surface area (Å²) < 4.78 is 9.32. The van der Waals surface area contributed by atoms with E-state index in [4.69, 9.17) is 4.74 Å². The number of carbonyl (C=O) groups is 2. The molecule has 0 N–H and O–H groups in total. The number of hydrogen-bond donors (Lipinski definition) is 0. The molecule has 0 heterocycles. The van der Waals surface area contributed by atoms with E-state index >= 15 is 0 Å². The molecular formula is C10H16O4. The molecule has 1 atom stereocenters. The molecule has 4 heteroatoms. The molecule has 0 aliphatic rings. The second-order valence-corrected chi connectivity index (χ2v) is 3.10.